The Morgan fingerprint density at radius 3 is 2.62 bits per heavy atom. The van der Waals surface area contributed by atoms with E-state index in [1.165, 1.54) is 0 Å². The van der Waals surface area contributed by atoms with Crippen molar-refractivity contribution in [3.05, 3.63) is 59.1 Å². The summed E-state index contributed by atoms with van der Waals surface area (Å²) in [5.41, 5.74) is 7.79. The minimum atomic E-state index is -0.396. The standard InChI is InChI=1S/C18H19ClN4O3/c1-12-5-4-6-13(9-12)21-18(25)11-26-23-16(20)10-17(24)22-15-8-3-2-7-14(15)19/h2-9H,10-11H2,1H3,(H2,20,23)(H,21,25)(H,22,24). The molecule has 2 aromatic rings. The van der Waals surface area contributed by atoms with Crippen LogP contribution in [0.4, 0.5) is 11.4 Å². The molecule has 0 atom stereocenters. The second-order valence-corrected chi connectivity index (χ2v) is 5.89. The molecule has 0 bridgehead atoms. The Morgan fingerprint density at radius 2 is 1.88 bits per heavy atom. The lowest BCUT2D eigenvalue weighted by Gasteiger charge is -2.07. The molecular weight excluding hydrogens is 356 g/mol. The van der Waals surface area contributed by atoms with Gasteiger partial charge >= 0.3 is 0 Å². The Labute approximate surface area is 156 Å². The van der Waals surface area contributed by atoms with E-state index < -0.39 is 5.91 Å². The van der Waals surface area contributed by atoms with Crippen molar-refractivity contribution < 1.29 is 14.4 Å². The molecule has 0 aliphatic heterocycles. The number of aryl methyl sites for hydroxylation is 1. The molecule has 0 heterocycles. The van der Waals surface area contributed by atoms with Crippen LogP contribution in [0.2, 0.25) is 5.02 Å². The normalized spacial score (nSPS) is 10.9. The summed E-state index contributed by atoms with van der Waals surface area (Å²) in [7, 11) is 0. The van der Waals surface area contributed by atoms with Crippen LogP contribution in [-0.4, -0.2) is 24.3 Å². The highest BCUT2D eigenvalue weighted by atomic mass is 35.5. The molecule has 8 heteroatoms. The van der Waals surface area contributed by atoms with E-state index in [0.717, 1.165) is 5.56 Å². The zero-order valence-electron chi connectivity index (χ0n) is 14.2. The molecule has 26 heavy (non-hydrogen) atoms. The number of nitrogens with two attached hydrogens (primary N) is 1. The SMILES string of the molecule is Cc1cccc(NC(=O)CO/N=C(/N)CC(=O)Nc2ccccc2Cl)c1. The summed E-state index contributed by atoms with van der Waals surface area (Å²) in [4.78, 5) is 28.5. The highest BCUT2D eigenvalue weighted by Gasteiger charge is 2.08. The zero-order valence-corrected chi connectivity index (χ0v) is 14.9. The molecule has 0 aromatic heterocycles. The van der Waals surface area contributed by atoms with Crippen molar-refractivity contribution in [1.82, 2.24) is 0 Å². The van der Waals surface area contributed by atoms with E-state index in [0.29, 0.717) is 16.4 Å². The monoisotopic (exact) mass is 374 g/mol. The number of amidine groups is 1. The highest BCUT2D eigenvalue weighted by Crippen LogP contribution is 2.20. The van der Waals surface area contributed by atoms with Crippen LogP contribution in [0.5, 0.6) is 0 Å². The predicted molar refractivity (Wildman–Crippen MR) is 102 cm³/mol. The molecule has 0 saturated carbocycles. The van der Waals surface area contributed by atoms with Crippen molar-refractivity contribution in [3.63, 3.8) is 0 Å². The van der Waals surface area contributed by atoms with Crippen molar-refractivity contribution in [2.24, 2.45) is 10.9 Å². The van der Waals surface area contributed by atoms with Gasteiger partial charge in [-0.1, -0.05) is 41.0 Å². The Bertz CT molecular complexity index is 824. The third kappa shape index (κ3) is 6.45. The summed E-state index contributed by atoms with van der Waals surface area (Å²) in [5, 5.41) is 9.26. The maximum atomic E-state index is 11.9. The lowest BCUT2D eigenvalue weighted by Crippen LogP contribution is -2.23. The fraction of sp³-hybridized carbons (Fsp3) is 0.167. The van der Waals surface area contributed by atoms with Gasteiger partial charge in [-0.2, -0.15) is 0 Å². The lowest BCUT2D eigenvalue weighted by molar-refractivity contribution is -0.120. The number of amides is 2. The number of rotatable bonds is 7. The van der Waals surface area contributed by atoms with Gasteiger partial charge in [0.15, 0.2) is 6.61 Å². The predicted octanol–water partition coefficient (Wildman–Crippen LogP) is 2.90. The first kappa shape index (κ1) is 19.3. The van der Waals surface area contributed by atoms with Gasteiger partial charge in [-0.25, -0.2) is 0 Å². The van der Waals surface area contributed by atoms with Crippen molar-refractivity contribution in [1.29, 1.82) is 0 Å². The van der Waals surface area contributed by atoms with E-state index in [9.17, 15) is 9.59 Å². The van der Waals surface area contributed by atoms with E-state index in [1.54, 1.807) is 30.3 Å². The van der Waals surface area contributed by atoms with Gasteiger partial charge in [-0.15, -0.1) is 0 Å². The van der Waals surface area contributed by atoms with E-state index in [1.807, 2.05) is 25.1 Å². The summed E-state index contributed by atoms with van der Waals surface area (Å²) in [6.45, 7) is 1.60. The average molecular weight is 375 g/mol. The molecule has 0 saturated heterocycles. The fourth-order valence-electron chi connectivity index (χ4n) is 2.05. The quantitative estimate of drug-likeness (QED) is 0.393. The van der Waals surface area contributed by atoms with Gasteiger partial charge < -0.3 is 21.2 Å². The van der Waals surface area contributed by atoms with Crippen molar-refractivity contribution in [3.8, 4) is 0 Å². The van der Waals surface area contributed by atoms with Gasteiger partial charge in [0, 0.05) is 5.69 Å². The van der Waals surface area contributed by atoms with Crippen molar-refractivity contribution in [2.75, 3.05) is 17.2 Å². The van der Waals surface area contributed by atoms with Gasteiger partial charge in [0.1, 0.15) is 5.84 Å². The molecule has 0 fully saturated rings. The van der Waals surface area contributed by atoms with Gasteiger partial charge in [0.05, 0.1) is 17.1 Å². The maximum Gasteiger partial charge on any atom is 0.265 e. The third-order valence-corrected chi connectivity index (χ3v) is 3.50. The molecule has 0 aliphatic carbocycles. The Hall–Kier alpha value is -3.06. The third-order valence-electron chi connectivity index (χ3n) is 3.17. The Morgan fingerprint density at radius 1 is 1.12 bits per heavy atom. The first-order chi connectivity index (χ1) is 12.4. The molecule has 0 radical (unpaired) electrons. The smallest absolute Gasteiger partial charge is 0.265 e. The van der Waals surface area contributed by atoms with Crippen LogP contribution in [0.3, 0.4) is 0 Å². The summed E-state index contributed by atoms with van der Waals surface area (Å²) in [6, 6.07) is 14.2. The van der Waals surface area contributed by atoms with Gasteiger partial charge in [-0.3, -0.25) is 9.59 Å². The van der Waals surface area contributed by atoms with E-state index >= 15 is 0 Å². The van der Waals surface area contributed by atoms with Crippen LogP contribution in [0, 0.1) is 6.92 Å². The molecule has 7 nitrogen and oxygen atoms in total. The van der Waals surface area contributed by atoms with Crippen molar-refractivity contribution >= 4 is 40.6 Å². The molecule has 2 amide bonds. The molecule has 2 rings (SSSR count). The van der Waals surface area contributed by atoms with E-state index in [-0.39, 0.29) is 24.8 Å². The molecule has 0 unspecified atom stereocenters. The lowest BCUT2D eigenvalue weighted by atomic mass is 10.2. The van der Waals surface area contributed by atoms with Crippen LogP contribution < -0.4 is 16.4 Å². The number of hydrogen-bond donors (Lipinski definition) is 3. The minimum Gasteiger partial charge on any atom is -0.384 e. The number of nitrogens with zero attached hydrogens (tertiary/aromatic N) is 1. The first-order valence-corrected chi connectivity index (χ1v) is 8.17. The van der Waals surface area contributed by atoms with E-state index in [4.69, 9.17) is 22.2 Å². The van der Waals surface area contributed by atoms with Gasteiger partial charge in [0.25, 0.3) is 5.91 Å². The van der Waals surface area contributed by atoms with Crippen molar-refractivity contribution in [2.45, 2.75) is 13.3 Å². The number of hydrogen-bond acceptors (Lipinski definition) is 4. The topological polar surface area (TPSA) is 106 Å². The summed E-state index contributed by atoms with van der Waals surface area (Å²) >= 11 is 5.95. The zero-order chi connectivity index (χ0) is 18.9. The van der Waals surface area contributed by atoms with Gasteiger partial charge in [-0.05, 0) is 36.8 Å². The summed E-state index contributed by atoms with van der Waals surface area (Å²) in [5.74, 6) is -0.835. The number of anilines is 2. The molecule has 2 aromatic carbocycles. The first-order valence-electron chi connectivity index (χ1n) is 7.79. The number of nitrogens with one attached hydrogen (secondary N) is 2. The number of halogens is 1. The number of carbonyl (C=O) groups is 2. The Kier molecular flexibility index (Phi) is 6.99. The average Bonchev–Trinajstić information content (AvgIpc) is 2.57. The van der Waals surface area contributed by atoms with Crippen LogP contribution in [0.25, 0.3) is 0 Å². The summed E-state index contributed by atoms with van der Waals surface area (Å²) in [6.07, 6.45) is -0.190. The van der Waals surface area contributed by atoms with Crippen LogP contribution in [0.15, 0.2) is 53.7 Å². The molecule has 0 spiro atoms. The maximum absolute atomic E-state index is 11.9. The largest absolute Gasteiger partial charge is 0.384 e. The highest BCUT2D eigenvalue weighted by molar-refractivity contribution is 6.33. The number of para-hydroxylation sites is 1. The molecule has 136 valence electrons. The molecule has 4 N–H and O–H groups in total. The Balaban J connectivity index is 1.76. The second-order valence-electron chi connectivity index (χ2n) is 5.48. The molecular formula is C18H19ClN4O3. The number of benzene rings is 2. The van der Waals surface area contributed by atoms with Crippen LogP contribution in [-0.2, 0) is 14.4 Å². The second kappa shape index (κ2) is 9.43. The summed E-state index contributed by atoms with van der Waals surface area (Å²) < 4.78 is 0. The molecule has 0 aliphatic rings. The minimum absolute atomic E-state index is 0.0575. The van der Waals surface area contributed by atoms with Crippen LogP contribution in [0.1, 0.15) is 12.0 Å². The number of carbonyl (C=O) groups excluding carboxylic acids is 2. The fourth-order valence-corrected chi connectivity index (χ4v) is 2.23. The van der Waals surface area contributed by atoms with E-state index in [2.05, 4.69) is 15.8 Å². The van der Waals surface area contributed by atoms with Gasteiger partial charge in [0.2, 0.25) is 5.91 Å². The number of oxime groups is 1. The van der Waals surface area contributed by atoms with Crippen LogP contribution >= 0.6 is 11.6 Å².